The number of rotatable bonds is 10. The van der Waals surface area contributed by atoms with Crippen molar-refractivity contribution >= 4 is 35.2 Å². The number of pyridine rings is 1. The molecule has 2 rings (SSSR count). The van der Waals surface area contributed by atoms with Crippen LogP contribution in [0.15, 0.2) is 23.4 Å². The molecule has 156 valence electrons. The van der Waals surface area contributed by atoms with Crippen LogP contribution in [0.3, 0.4) is 0 Å². The van der Waals surface area contributed by atoms with E-state index in [1.54, 1.807) is 12.1 Å². The van der Waals surface area contributed by atoms with Gasteiger partial charge in [0.15, 0.2) is 0 Å². The van der Waals surface area contributed by atoms with Crippen LogP contribution in [0.1, 0.15) is 62.7 Å². The molecule has 1 saturated heterocycles. The number of hydroxylamine groups is 2. The highest BCUT2D eigenvalue weighted by Gasteiger charge is 2.32. The van der Waals surface area contributed by atoms with Crippen LogP contribution in [0.4, 0.5) is 5.82 Å². The number of imide groups is 1. The van der Waals surface area contributed by atoms with Gasteiger partial charge in [-0.25, -0.2) is 9.78 Å². The molecule has 10 nitrogen and oxygen atoms in total. The molecular weight excluding hydrogens is 378 g/mol. The zero-order chi connectivity index (χ0) is 21.2. The van der Waals surface area contributed by atoms with Gasteiger partial charge >= 0.3 is 5.97 Å². The lowest BCUT2D eigenvalue weighted by Gasteiger charge is -2.12. The number of hydrogen-bond donors (Lipinski definition) is 2. The van der Waals surface area contributed by atoms with E-state index in [4.69, 9.17) is 4.84 Å². The van der Waals surface area contributed by atoms with Crippen LogP contribution in [0.2, 0.25) is 0 Å². The van der Waals surface area contributed by atoms with E-state index in [2.05, 4.69) is 20.8 Å². The number of hydrogen-bond acceptors (Lipinski definition) is 8. The van der Waals surface area contributed by atoms with Crippen molar-refractivity contribution in [3.05, 3.63) is 23.9 Å². The van der Waals surface area contributed by atoms with Gasteiger partial charge in [0.25, 0.3) is 17.7 Å². The van der Waals surface area contributed by atoms with Crippen molar-refractivity contribution in [2.75, 3.05) is 12.0 Å². The molecule has 0 radical (unpaired) electrons. The molecule has 1 aliphatic heterocycles. The minimum Gasteiger partial charge on any atom is -0.352 e. The van der Waals surface area contributed by atoms with Crippen molar-refractivity contribution < 1.29 is 24.0 Å². The quantitative estimate of drug-likeness (QED) is 0.264. The van der Waals surface area contributed by atoms with Gasteiger partial charge in [0, 0.05) is 37.7 Å². The van der Waals surface area contributed by atoms with Gasteiger partial charge < -0.3 is 10.2 Å². The normalized spacial score (nSPS) is 13.2. The Morgan fingerprint density at radius 3 is 2.48 bits per heavy atom. The molecule has 0 bridgehead atoms. The van der Waals surface area contributed by atoms with Crippen LogP contribution < -0.4 is 10.7 Å². The van der Waals surface area contributed by atoms with Crippen molar-refractivity contribution in [1.82, 2.24) is 15.4 Å². The number of hydrazone groups is 1. The molecule has 0 unspecified atom stereocenters. The fraction of sp³-hybridized carbons (Fsp3) is 0.474. The molecule has 10 heteroatoms. The van der Waals surface area contributed by atoms with E-state index in [1.165, 1.54) is 6.20 Å². The molecule has 3 amide bonds. The number of carbonyl (C=O) groups is 4. The summed E-state index contributed by atoms with van der Waals surface area (Å²) in [7, 11) is 0. The zero-order valence-corrected chi connectivity index (χ0v) is 16.6. The number of nitrogens with zero attached hydrogens (tertiary/aromatic N) is 3. The molecule has 0 saturated carbocycles. The number of anilines is 1. The third-order valence-electron chi connectivity index (χ3n) is 3.96. The molecular formula is C19H25N5O5. The van der Waals surface area contributed by atoms with Gasteiger partial charge in [0.1, 0.15) is 5.82 Å². The van der Waals surface area contributed by atoms with Crippen LogP contribution in [0.5, 0.6) is 0 Å². The minimum absolute atomic E-state index is 0.0763. The molecule has 29 heavy (non-hydrogen) atoms. The minimum atomic E-state index is -0.611. The molecule has 2 heterocycles. The van der Waals surface area contributed by atoms with Gasteiger partial charge in [-0.1, -0.05) is 6.42 Å². The van der Waals surface area contributed by atoms with E-state index in [9.17, 15) is 19.2 Å². The van der Waals surface area contributed by atoms with E-state index in [1.807, 2.05) is 13.8 Å². The predicted molar refractivity (Wildman–Crippen MR) is 105 cm³/mol. The lowest BCUT2D eigenvalue weighted by molar-refractivity contribution is -0.197. The largest absolute Gasteiger partial charge is 0.352 e. The van der Waals surface area contributed by atoms with Crippen LogP contribution in [0.25, 0.3) is 0 Å². The Morgan fingerprint density at radius 1 is 1.14 bits per heavy atom. The van der Waals surface area contributed by atoms with E-state index in [-0.39, 0.29) is 25.2 Å². The fourth-order valence-electron chi connectivity index (χ4n) is 2.44. The first-order chi connectivity index (χ1) is 13.9. The zero-order valence-electron chi connectivity index (χ0n) is 16.6. The summed E-state index contributed by atoms with van der Waals surface area (Å²) in [6.45, 7) is 4.16. The fourth-order valence-corrected chi connectivity index (χ4v) is 2.44. The summed E-state index contributed by atoms with van der Waals surface area (Å²) in [4.78, 5) is 55.4. The van der Waals surface area contributed by atoms with Crippen molar-refractivity contribution in [3.8, 4) is 0 Å². The number of nitrogens with one attached hydrogen (secondary N) is 2. The van der Waals surface area contributed by atoms with E-state index >= 15 is 0 Å². The highest BCUT2D eigenvalue weighted by Crippen LogP contribution is 2.13. The van der Waals surface area contributed by atoms with Gasteiger partial charge in [-0.05, 0) is 38.8 Å². The average Bonchev–Trinajstić information content (AvgIpc) is 3.01. The predicted octanol–water partition coefficient (Wildman–Crippen LogP) is 1.79. The summed E-state index contributed by atoms with van der Waals surface area (Å²) in [5, 5.41) is 7.37. The molecule has 1 fully saturated rings. The summed E-state index contributed by atoms with van der Waals surface area (Å²) >= 11 is 0. The summed E-state index contributed by atoms with van der Waals surface area (Å²) in [6.07, 6.45) is 3.62. The van der Waals surface area contributed by atoms with Crippen molar-refractivity contribution in [2.24, 2.45) is 5.10 Å². The van der Waals surface area contributed by atoms with Crippen molar-refractivity contribution in [1.29, 1.82) is 0 Å². The lowest BCUT2D eigenvalue weighted by Crippen LogP contribution is -2.31. The topological polar surface area (TPSA) is 130 Å². The second kappa shape index (κ2) is 10.9. The third kappa shape index (κ3) is 7.32. The summed E-state index contributed by atoms with van der Waals surface area (Å²) in [5.41, 5.74) is 4.08. The molecule has 1 aromatic rings. The maximum absolute atomic E-state index is 12.1. The van der Waals surface area contributed by atoms with E-state index in [0.29, 0.717) is 42.3 Å². The van der Waals surface area contributed by atoms with Crippen LogP contribution >= 0.6 is 0 Å². The molecule has 2 N–H and O–H groups in total. The molecule has 1 aliphatic rings. The first kappa shape index (κ1) is 22.0. The van der Waals surface area contributed by atoms with Gasteiger partial charge in [0.2, 0.25) is 0 Å². The first-order valence-electron chi connectivity index (χ1n) is 9.44. The third-order valence-corrected chi connectivity index (χ3v) is 3.96. The van der Waals surface area contributed by atoms with Crippen LogP contribution in [-0.2, 0) is 19.2 Å². The number of carbonyl (C=O) groups excluding carboxylic acids is 4. The smallest absolute Gasteiger partial charge is 0.333 e. The number of amides is 3. The molecule has 0 aromatic carbocycles. The standard InChI is InChI=1S/C19H25N5O5/c1-13(2)22-23-15-8-7-14(12-21-15)19(28)20-11-5-3-4-6-18(27)29-24-16(25)9-10-17(24)26/h7-8,12H,3-6,9-11H2,1-2H3,(H,20,28)(H,21,23). The second-order valence-corrected chi connectivity index (χ2v) is 6.71. The van der Waals surface area contributed by atoms with Crippen LogP contribution in [-0.4, -0.2) is 46.0 Å². The number of aromatic nitrogens is 1. The Bertz CT molecular complexity index is 771. The Kier molecular flexibility index (Phi) is 8.26. The van der Waals surface area contributed by atoms with Gasteiger partial charge in [-0.3, -0.25) is 19.8 Å². The second-order valence-electron chi connectivity index (χ2n) is 6.71. The Balaban J connectivity index is 1.59. The summed E-state index contributed by atoms with van der Waals surface area (Å²) < 4.78 is 0. The number of unbranched alkanes of at least 4 members (excludes halogenated alkanes) is 2. The summed E-state index contributed by atoms with van der Waals surface area (Å²) in [5.74, 6) is -1.27. The van der Waals surface area contributed by atoms with Gasteiger partial charge in [-0.15, -0.1) is 5.06 Å². The maximum Gasteiger partial charge on any atom is 0.333 e. The Labute approximate surface area is 168 Å². The molecule has 0 atom stereocenters. The lowest BCUT2D eigenvalue weighted by atomic mass is 10.2. The molecule has 1 aromatic heterocycles. The SMILES string of the molecule is CC(C)=NNc1ccc(C(=O)NCCCCCC(=O)ON2C(=O)CCC2=O)cn1. The summed E-state index contributed by atoms with van der Waals surface area (Å²) in [6, 6.07) is 3.32. The Hall–Kier alpha value is -3.30. The van der Waals surface area contributed by atoms with E-state index in [0.717, 1.165) is 5.71 Å². The average molecular weight is 403 g/mol. The van der Waals surface area contributed by atoms with Gasteiger partial charge in [0.05, 0.1) is 5.56 Å². The van der Waals surface area contributed by atoms with Crippen LogP contribution in [0, 0.1) is 0 Å². The maximum atomic E-state index is 12.1. The van der Waals surface area contributed by atoms with Gasteiger partial charge in [-0.2, -0.15) is 5.10 Å². The van der Waals surface area contributed by atoms with Crippen molar-refractivity contribution in [3.63, 3.8) is 0 Å². The highest BCUT2D eigenvalue weighted by molar-refractivity contribution is 6.01. The Morgan fingerprint density at radius 2 is 1.86 bits per heavy atom. The molecule has 0 spiro atoms. The highest BCUT2D eigenvalue weighted by atomic mass is 16.7. The monoisotopic (exact) mass is 403 g/mol. The first-order valence-corrected chi connectivity index (χ1v) is 9.44. The van der Waals surface area contributed by atoms with E-state index < -0.39 is 17.8 Å². The molecule has 0 aliphatic carbocycles. The van der Waals surface area contributed by atoms with Crippen molar-refractivity contribution in [2.45, 2.75) is 52.4 Å².